The van der Waals surface area contributed by atoms with E-state index in [0.717, 1.165) is 38.5 Å². The highest BCUT2D eigenvalue weighted by molar-refractivity contribution is 7.99. The van der Waals surface area contributed by atoms with Gasteiger partial charge in [-0.15, -0.1) is 0 Å². The molecule has 0 radical (unpaired) electrons. The number of pyridine rings is 1. The van der Waals surface area contributed by atoms with Crippen molar-refractivity contribution in [3.05, 3.63) is 18.3 Å². The van der Waals surface area contributed by atoms with E-state index in [9.17, 15) is 13.2 Å². The standard InChI is InChI=1S/C16H23N3O3S2/c20-15(18-13-5-6-13)12-23-16-8-7-14(11-17-16)24(21,22)19-9-3-1-2-4-10-19/h7-8,11,13H,1-6,9-10,12H2,(H,18,20). The normalized spacial score (nSPS) is 19.7. The molecule has 1 aliphatic heterocycles. The molecule has 0 spiro atoms. The van der Waals surface area contributed by atoms with E-state index in [1.54, 1.807) is 16.4 Å². The topological polar surface area (TPSA) is 79.4 Å². The monoisotopic (exact) mass is 369 g/mol. The van der Waals surface area contributed by atoms with Crippen LogP contribution in [0.2, 0.25) is 0 Å². The molecule has 6 nitrogen and oxygen atoms in total. The Kier molecular flexibility index (Phi) is 5.78. The Morgan fingerprint density at radius 1 is 1.21 bits per heavy atom. The molecule has 0 aromatic carbocycles. The molecule has 1 saturated carbocycles. The number of amides is 1. The fraction of sp³-hybridized carbons (Fsp3) is 0.625. The summed E-state index contributed by atoms with van der Waals surface area (Å²) in [6.45, 7) is 1.17. The molecule has 1 aliphatic carbocycles. The summed E-state index contributed by atoms with van der Waals surface area (Å²) in [5, 5.41) is 3.58. The van der Waals surface area contributed by atoms with E-state index >= 15 is 0 Å². The highest BCUT2D eigenvalue weighted by Crippen LogP contribution is 2.23. The van der Waals surface area contributed by atoms with E-state index in [1.807, 2.05) is 0 Å². The van der Waals surface area contributed by atoms with Crippen molar-refractivity contribution in [2.45, 2.75) is 54.5 Å². The molecule has 1 amide bonds. The summed E-state index contributed by atoms with van der Waals surface area (Å²) in [7, 11) is -3.46. The molecule has 0 atom stereocenters. The van der Waals surface area contributed by atoms with Gasteiger partial charge in [-0.05, 0) is 37.8 Å². The average Bonchev–Trinajstić information content (AvgIpc) is 3.40. The molecule has 0 unspecified atom stereocenters. The third-order valence-electron chi connectivity index (χ3n) is 4.21. The number of hydrogen-bond acceptors (Lipinski definition) is 5. The summed E-state index contributed by atoms with van der Waals surface area (Å²) >= 11 is 1.32. The van der Waals surface area contributed by atoms with E-state index in [4.69, 9.17) is 0 Å². The first-order valence-electron chi connectivity index (χ1n) is 8.44. The molecule has 8 heteroatoms. The Balaban J connectivity index is 1.59. The maximum Gasteiger partial charge on any atom is 0.244 e. The van der Waals surface area contributed by atoms with Crippen LogP contribution in [0.25, 0.3) is 0 Å². The molecule has 1 aromatic heterocycles. The number of aromatic nitrogens is 1. The van der Waals surface area contributed by atoms with Crippen molar-refractivity contribution in [3.8, 4) is 0 Å². The quantitative estimate of drug-likeness (QED) is 0.776. The van der Waals surface area contributed by atoms with Gasteiger partial charge in [-0.3, -0.25) is 4.79 Å². The smallest absolute Gasteiger partial charge is 0.244 e. The molecular weight excluding hydrogens is 346 g/mol. The summed E-state index contributed by atoms with van der Waals surface area (Å²) in [5.74, 6) is 0.312. The highest BCUT2D eigenvalue weighted by atomic mass is 32.2. The summed E-state index contributed by atoms with van der Waals surface area (Å²) in [5.41, 5.74) is 0. The molecule has 1 aromatic rings. The van der Waals surface area contributed by atoms with Gasteiger partial charge in [0, 0.05) is 25.3 Å². The van der Waals surface area contributed by atoms with Crippen LogP contribution in [0.3, 0.4) is 0 Å². The average molecular weight is 370 g/mol. The molecule has 3 rings (SSSR count). The van der Waals surface area contributed by atoms with Crippen LogP contribution >= 0.6 is 11.8 Å². The first kappa shape index (κ1) is 17.7. The van der Waals surface area contributed by atoms with Gasteiger partial charge in [0.15, 0.2) is 0 Å². The Hall–Kier alpha value is -1.12. The molecule has 0 bridgehead atoms. The van der Waals surface area contributed by atoms with Gasteiger partial charge in [0.1, 0.15) is 4.90 Å². The minimum absolute atomic E-state index is 0.00515. The molecule has 2 fully saturated rings. The third kappa shape index (κ3) is 4.70. The van der Waals surface area contributed by atoms with Gasteiger partial charge in [0.2, 0.25) is 15.9 Å². The van der Waals surface area contributed by atoms with Crippen molar-refractivity contribution in [2.75, 3.05) is 18.8 Å². The van der Waals surface area contributed by atoms with E-state index in [1.165, 1.54) is 18.0 Å². The largest absolute Gasteiger partial charge is 0.353 e. The lowest BCUT2D eigenvalue weighted by atomic mass is 10.2. The zero-order chi connectivity index (χ0) is 17.0. The van der Waals surface area contributed by atoms with Crippen LogP contribution in [0.4, 0.5) is 0 Å². The van der Waals surface area contributed by atoms with Crippen molar-refractivity contribution in [1.29, 1.82) is 0 Å². The van der Waals surface area contributed by atoms with Gasteiger partial charge in [-0.2, -0.15) is 4.31 Å². The van der Waals surface area contributed by atoms with Gasteiger partial charge in [-0.25, -0.2) is 13.4 Å². The summed E-state index contributed by atoms with van der Waals surface area (Å²) in [6, 6.07) is 3.63. The van der Waals surface area contributed by atoms with Crippen molar-refractivity contribution in [2.24, 2.45) is 0 Å². The minimum Gasteiger partial charge on any atom is -0.353 e. The van der Waals surface area contributed by atoms with Crippen molar-refractivity contribution in [1.82, 2.24) is 14.6 Å². The van der Waals surface area contributed by atoms with Crippen LogP contribution in [0, 0.1) is 0 Å². The van der Waals surface area contributed by atoms with Crippen molar-refractivity contribution >= 4 is 27.7 Å². The number of nitrogens with zero attached hydrogens (tertiary/aromatic N) is 2. The molecule has 1 N–H and O–H groups in total. The predicted octanol–water partition coefficient (Wildman–Crippen LogP) is 2.02. The molecule has 2 aliphatic rings. The van der Waals surface area contributed by atoms with E-state index < -0.39 is 10.0 Å². The second kappa shape index (κ2) is 7.84. The first-order chi connectivity index (χ1) is 11.6. The Morgan fingerprint density at radius 3 is 2.50 bits per heavy atom. The fourth-order valence-electron chi connectivity index (χ4n) is 2.67. The maximum atomic E-state index is 12.7. The maximum absolute atomic E-state index is 12.7. The molecular formula is C16H23N3O3S2. The number of thioether (sulfide) groups is 1. The van der Waals surface area contributed by atoms with Crippen molar-refractivity contribution < 1.29 is 13.2 Å². The number of hydrogen-bond donors (Lipinski definition) is 1. The number of carbonyl (C=O) groups excluding carboxylic acids is 1. The summed E-state index contributed by atoms with van der Waals surface area (Å²) < 4.78 is 26.9. The number of carbonyl (C=O) groups is 1. The van der Waals surface area contributed by atoms with E-state index in [-0.39, 0.29) is 10.8 Å². The van der Waals surface area contributed by atoms with E-state index in [2.05, 4.69) is 10.3 Å². The molecule has 2 heterocycles. The number of sulfonamides is 1. The van der Waals surface area contributed by atoms with Gasteiger partial charge in [-0.1, -0.05) is 24.6 Å². The fourth-order valence-corrected chi connectivity index (χ4v) is 4.79. The Labute approximate surface area is 147 Å². The lowest BCUT2D eigenvalue weighted by molar-refractivity contribution is -0.118. The van der Waals surface area contributed by atoms with Gasteiger partial charge in [0.25, 0.3) is 0 Å². The van der Waals surface area contributed by atoms with Gasteiger partial charge < -0.3 is 5.32 Å². The van der Waals surface area contributed by atoms with Crippen LogP contribution in [-0.2, 0) is 14.8 Å². The molecule has 132 valence electrons. The lowest BCUT2D eigenvalue weighted by Gasteiger charge is -2.19. The summed E-state index contributed by atoms with van der Waals surface area (Å²) in [4.78, 5) is 16.1. The van der Waals surface area contributed by atoms with Crippen LogP contribution < -0.4 is 5.32 Å². The van der Waals surface area contributed by atoms with Crippen LogP contribution in [0.15, 0.2) is 28.3 Å². The van der Waals surface area contributed by atoms with Crippen LogP contribution in [0.5, 0.6) is 0 Å². The third-order valence-corrected chi connectivity index (χ3v) is 7.03. The summed E-state index contributed by atoms with van der Waals surface area (Å²) in [6.07, 6.45) is 7.54. The Bertz CT molecular complexity index is 664. The second-order valence-corrected chi connectivity index (χ2v) is 9.21. The minimum atomic E-state index is -3.46. The van der Waals surface area contributed by atoms with Crippen LogP contribution in [-0.4, -0.2) is 48.5 Å². The zero-order valence-corrected chi connectivity index (χ0v) is 15.2. The zero-order valence-electron chi connectivity index (χ0n) is 13.6. The highest BCUT2D eigenvalue weighted by Gasteiger charge is 2.26. The molecule has 24 heavy (non-hydrogen) atoms. The Morgan fingerprint density at radius 2 is 1.92 bits per heavy atom. The van der Waals surface area contributed by atoms with Crippen LogP contribution in [0.1, 0.15) is 38.5 Å². The van der Waals surface area contributed by atoms with Gasteiger partial charge in [0.05, 0.1) is 10.8 Å². The van der Waals surface area contributed by atoms with Gasteiger partial charge >= 0.3 is 0 Å². The SMILES string of the molecule is O=C(CSc1ccc(S(=O)(=O)N2CCCCCC2)cn1)NC1CC1. The first-order valence-corrected chi connectivity index (χ1v) is 10.9. The lowest BCUT2D eigenvalue weighted by Crippen LogP contribution is -2.32. The second-order valence-electron chi connectivity index (χ2n) is 6.28. The van der Waals surface area contributed by atoms with E-state index in [0.29, 0.717) is 29.9 Å². The number of rotatable bonds is 6. The number of nitrogens with one attached hydrogen (secondary N) is 1. The predicted molar refractivity (Wildman–Crippen MR) is 93.4 cm³/mol. The van der Waals surface area contributed by atoms with Crippen molar-refractivity contribution in [3.63, 3.8) is 0 Å². The molecule has 1 saturated heterocycles.